The lowest BCUT2D eigenvalue weighted by Crippen LogP contribution is -1.94. The summed E-state index contributed by atoms with van der Waals surface area (Å²) in [7, 11) is 0. The molecule has 0 atom stereocenters. The zero-order valence-corrected chi connectivity index (χ0v) is 23.5. The van der Waals surface area contributed by atoms with Crippen LogP contribution in [0.5, 0.6) is 0 Å². The Kier molecular flexibility index (Phi) is 3.42. The van der Waals surface area contributed by atoms with Crippen LogP contribution in [0.4, 0.5) is 0 Å². The summed E-state index contributed by atoms with van der Waals surface area (Å²) in [5.74, 6) is 0. The van der Waals surface area contributed by atoms with E-state index in [0.29, 0.717) is 22.5 Å². The van der Waals surface area contributed by atoms with Crippen LogP contribution in [0.1, 0.15) is 13.7 Å². The maximum atomic E-state index is 9.74. The fourth-order valence-corrected chi connectivity index (χ4v) is 6.50. The fraction of sp³-hybridized carbons (Fsp3) is 0. The lowest BCUT2D eigenvalue weighted by atomic mass is 10.0. The highest BCUT2D eigenvalue weighted by molar-refractivity contribution is 6.14. The van der Waals surface area contributed by atoms with Crippen LogP contribution < -0.4 is 0 Å². The van der Waals surface area contributed by atoms with Crippen molar-refractivity contribution in [1.29, 1.82) is 0 Å². The maximum absolute atomic E-state index is 9.74. The van der Waals surface area contributed by atoms with Crippen LogP contribution >= 0.6 is 0 Å². The Labute approximate surface area is 272 Å². The number of hydrogen-bond donors (Lipinski definition) is 0. The normalized spacial score (nSPS) is 15.1. The molecule has 0 amide bonds. The first-order valence-corrected chi connectivity index (χ1v) is 14.5. The molecule has 210 valence electrons. The molecule has 0 aliphatic heterocycles. The van der Waals surface area contributed by atoms with E-state index in [0.717, 1.165) is 10.8 Å². The van der Waals surface area contributed by atoms with E-state index in [1.165, 1.54) is 24.3 Å². The van der Waals surface area contributed by atoms with Crippen LogP contribution in [0.15, 0.2) is 162 Å². The van der Waals surface area contributed by atoms with Crippen molar-refractivity contribution >= 4 is 65.6 Å². The Morgan fingerprint density at radius 3 is 1.78 bits per heavy atom. The van der Waals surface area contributed by atoms with Gasteiger partial charge in [-0.3, -0.25) is 0 Å². The predicted octanol–water partition coefficient (Wildman–Crippen LogP) is 11.4. The quantitative estimate of drug-likeness (QED) is 0.203. The number of furan rings is 1. The molecule has 45 heavy (non-hydrogen) atoms. The Morgan fingerprint density at radius 2 is 1.04 bits per heavy atom. The Balaban J connectivity index is 1.35. The standard InChI is InChI=1S/C42H26N2O/c1-2-11-29(12-3-1)43-36-17-7-4-13-30(36)34-25-27(21-23-38(34)43)28-22-24-39-35(26-28)31-14-5-8-18-37(31)44(39)40-19-10-16-33-32-15-6-9-20-41(32)45-42(33)40/h1-26H/i4D,5D,13D,14D,17D,18D,23D,24D,25D,26D. The summed E-state index contributed by atoms with van der Waals surface area (Å²) in [6.45, 7) is 0. The molecule has 10 rings (SSSR count). The van der Waals surface area contributed by atoms with Crippen LogP contribution in [0, 0.1) is 0 Å². The third-order valence-electron chi connectivity index (χ3n) is 8.45. The number of aromatic nitrogens is 2. The third-order valence-corrected chi connectivity index (χ3v) is 8.45. The van der Waals surface area contributed by atoms with E-state index in [2.05, 4.69) is 0 Å². The Hall–Kier alpha value is -6.06. The second-order valence-electron chi connectivity index (χ2n) is 10.9. The third kappa shape index (κ3) is 3.46. The molecule has 0 spiro atoms. The van der Waals surface area contributed by atoms with Crippen LogP contribution in [0.2, 0.25) is 0 Å². The molecule has 3 nitrogen and oxygen atoms in total. The van der Waals surface area contributed by atoms with E-state index < -0.39 is 0 Å². The summed E-state index contributed by atoms with van der Waals surface area (Å²) in [6.07, 6.45) is 0. The van der Waals surface area contributed by atoms with Crippen molar-refractivity contribution in [2.24, 2.45) is 0 Å². The predicted molar refractivity (Wildman–Crippen MR) is 188 cm³/mol. The van der Waals surface area contributed by atoms with Crippen molar-refractivity contribution in [2.45, 2.75) is 0 Å². The topological polar surface area (TPSA) is 23.0 Å². The second kappa shape index (κ2) is 9.22. The summed E-state index contributed by atoms with van der Waals surface area (Å²) in [5.41, 5.74) is 3.44. The van der Waals surface area contributed by atoms with E-state index in [9.17, 15) is 5.48 Å². The molecule has 0 radical (unpaired) electrons. The van der Waals surface area contributed by atoms with E-state index >= 15 is 0 Å². The molecule has 0 N–H and O–H groups in total. The number of benzene rings is 7. The minimum absolute atomic E-state index is 0.0416. The van der Waals surface area contributed by atoms with Gasteiger partial charge in [0.15, 0.2) is 5.58 Å². The van der Waals surface area contributed by atoms with Crippen molar-refractivity contribution in [1.82, 2.24) is 9.13 Å². The molecule has 3 aromatic heterocycles. The molecule has 3 heterocycles. The molecule has 0 fully saturated rings. The smallest absolute Gasteiger partial charge is 0.159 e. The van der Waals surface area contributed by atoms with Gasteiger partial charge >= 0.3 is 0 Å². The number of nitrogens with zero attached hydrogens (tertiary/aromatic N) is 2. The molecule has 0 saturated heterocycles. The first kappa shape index (κ1) is 16.7. The molecule has 0 bridgehead atoms. The fourth-order valence-electron chi connectivity index (χ4n) is 6.50. The van der Waals surface area contributed by atoms with Crippen LogP contribution in [-0.4, -0.2) is 9.13 Å². The number of para-hydroxylation sites is 5. The van der Waals surface area contributed by atoms with Gasteiger partial charge < -0.3 is 13.6 Å². The van der Waals surface area contributed by atoms with Crippen molar-refractivity contribution in [3.8, 4) is 22.5 Å². The number of rotatable bonds is 3. The van der Waals surface area contributed by atoms with Gasteiger partial charge in [0.1, 0.15) is 5.58 Å². The zero-order chi connectivity index (χ0) is 38.2. The van der Waals surface area contributed by atoms with Gasteiger partial charge in [-0.2, -0.15) is 0 Å². The Bertz CT molecular complexity index is 3330. The highest BCUT2D eigenvalue weighted by Crippen LogP contribution is 2.40. The van der Waals surface area contributed by atoms with Crippen LogP contribution in [0.3, 0.4) is 0 Å². The summed E-state index contributed by atoms with van der Waals surface area (Å²) in [4.78, 5) is 0. The van der Waals surface area contributed by atoms with Gasteiger partial charge in [0.05, 0.1) is 41.5 Å². The van der Waals surface area contributed by atoms with Gasteiger partial charge in [0.2, 0.25) is 0 Å². The van der Waals surface area contributed by atoms with Crippen molar-refractivity contribution in [2.75, 3.05) is 0 Å². The van der Waals surface area contributed by atoms with E-state index in [1.807, 2.05) is 54.6 Å². The second-order valence-corrected chi connectivity index (χ2v) is 10.9. The molecule has 0 unspecified atom stereocenters. The lowest BCUT2D eigenvalue weighted by Gasteiger charge is -2.10. The summed E-state index contributed by atoms with van der Waals surface area (Å²) in [6, 6.07) is 26.2. The van der Waals surface area contributed by atoms with Crippen LogP contribution in [-0.2, 0) is 0 Å². The summed E-state index contributed by atoms with van der Waals surface area (Å²) < 4.78 is 101. The average Bonchev–Trinajstić information content (AvgIpc) is 3.86. The van der Waals surface area contributed by atoms with Crippen molar-refractivity contribution < 1.29 is 18.1 Å². The average molecular weight is 585 g/mol. The first-order chi connectivity index (χ1) is 26.5. The van der Waals surface area contributed by atoms with Gasteiger partial charge in [0, 0.05) is 38.0 Å². The minimum Gasteiger partial charge on any atom is -0.454 e. The number of fused-ring (bicyclic) bond motifs is 9. The van der Waals surface area contributed by atoms with Gasteiger partial charge in [-0.15, -0.1) is 0 Å². The van der Waals surface area contributed by atoms with Crippen molar-refractivity contribution in [3.63, 3.8) is 0 Å². The monoisotopic (exact) mass is 584 g/mol. The van der Waals surface area contributed by atoms with Gasteiger partial charge in [-0.25, -0.2) is 0 Å². The molecular formula is C42H26N2O. The number of hydrogen-bond acceptors (Lipinski definition) is 1. The SMILES string of the molecule is [2H]c1cc([2H])c2c(c1[2H])c1c([2H])c(-c3cc([2H])c4c(c3[2H])c3c([2H])c([2H])cc([2H])c3n4-c3cccc4c3oc3ccccc34)cc([2H])c1n2-c1ccccc1. The first-order valence-electron chi connectivity index (χ1n) is 19.5. The van der Waals surface area contributed by atoms with Crippen molar-refractivity contribution in [3.05, 3.63) is 157 Å². The highest BCUT2D eigenvalue weighted by Gasteiger charge is 2.18. The zero-order valence-electron chi connectivity index (χ0n) is 33.5. The summed E-state index contributed by atoms with van der Waals surface area (Å²) in [5, 5.41) is 2.28. The lowest BCUT2D eigenvalue weighted by molar-refractivity contribution is 0.666. The molecule has 0 saturated carbocycles. The van der Waals surface area contributed by atoms with Crippen LogP contribution in [0.25, 0.3) is 88.1 Å². The van der Waals surface area contributed by atoms with Gasteiger partial charge in [-0.05, 0) is 71.6 Å². The highest BCUT2D eigenvalue weighted by atomic mass is 16.3. The molecule has 0 aliphatic carbocycles. The molecule has 0 aliphatic rings. The molecule has 7 aromatic carbocycles. The largest absolute Gasteiger partial charge is 0.454 e. The maximum Gasteiger partial charge on any atom is 0.159 e. The molecular weight excluding hydrogens is 548 g/mol. The minimum atomic E-state index is -0.227. The van der Waals surface area contributed by atoms with Gasteiger partial charge in [-0.1, -0.05) is 97.0 Å². The van der Waals surface area contributed by atoms with E-state index in [4.69, 9.17) is 12.6 Å². The van der Waals surface area contributed by atoms with Gasteiger partial charge in [0.25, 0.3) is 0 Å². The Morgan fingerprint density at radius 1 is 0.444 bits per heavy atom. The molecule has 3 heteroatoms. The summed E-state index contributed by atoms with van der Waals surface area (Å²) >= 11 is 0. The van der Waals surface area contributed by atoms with E-state index in [1.54, 1.807) is 27.3 Å². The van der Waals surface area contributed by atoms with E-state index in [-0.39, 0.29) is 115 Å². The molecule has 10 aromatic rings.